The van der Waals surface area contributed by atoms with Gasteiger partial charge in [-0.05, 0) is 39.0 Å². The molecule has 0 bridgehead atoms. The lowest BCUT2D eigenvalue weighted by atomic mass is 10.1. The Balaban J connectivity index is 2.61. The van der Waals surface area contributed by atoms with Crippen LogP contribution >= 0.6 is 0 Å². The first kappa shape index (κ1) is 12.4. The van der Waals surface area contributed by atoms with E-state index in [1.807, 2.05) is 25.1 Å². The molecule has 2 aromatic rings. The average molecular weight is 246 g/mol. The number of aryl methyl sites for hydroxylation is 1. The molecule has 0 saturated carbocycles. The van der Waals surface area contributed by atoms with Crippen LogP contribution in [0.3, 0.4) is 0 Å². The van der Waals surface area contributed by atoms with Crippen LogP contribution in [-0.4, -0.2) is 21.9 Å². The van der Waals surface area contributed by atoms with Crippen molar-refractivity contribution < 1.29 is 4.74 Å². The van der Waals surface area contributed by atoms with Crippen molar-refractivity contribution in [2.75, 3.05) is 12.8 Å². The smallest absolute Gasteiger partial charge is 0.166 e. The molecule has 2 rings (SSSR count). The van der Waals surface area contributed by atoms with Gasteiger partial charge >= 0.3 is 0 Å². The number of ether oxygens (including phenoxy) is 1. The average Bonchev–Trinajstić information content (AvgIpc) is 2.72. The first-order valence-electron chi connectivity index (χ1n) is 5.90. The van der Waals surface area contributed by atoms with Crippen LogP contribution in [0.5, 0.6) is 5.75 Å². The molecule has 0 aliphatic heterocycles. The Labute approximate surface area is 107 Å². The molecule has 0 spiro atoms. The lowest BCUT2D eigenvalue weighted by molar-refractivity contribution is 0.415. The molecule has 0 atom stereocenters. The van der Waals surface area contributed by atoms with E-state index in [9.17, 15) is 0 Å². The van der Waals surface area contributed by atoms with E-state index in [0.29, 0.717) is 5.69 Å². The molecular weight excluding hydrogens is 228 g/mol. The molecule has 18 heavy (non-hydrogen) atoms. The van der Waals surface area contributed by atoms with E-state index in [-0.39, 0.29) is 6.04 Å². The van der Waals surface area contributed by atoms with Gasteiger partial charge in [-0.25, -0.2) is 0 Å². The van der Waals surface area contributed by atoms with Crippen molar-refractivity contribution >= 4 is 5.69 Å². The second-order valence-corrected chi connectivity index (χ2v) is 4.49. The van der Waals surface area contributed by atoms with E-state index in [1.165, 1.54) is 0 Å². The summed E-state index contributed by atoms with van der Waals surface area (Å²) in [5, 5.41) is 8.35. The van der Waals surface area contributed by atoms with Crippen LogP contribution in [0, 0.1) is 6.92 Å². The molecule has 0 saturated heterocycles. The molecule has 0 aliphatic rings. The van der Waals surface area contributed by atoms with Crippen LogP contribution in [0.1, 0.15) is 25.7 Å². The quantitative estimate of drug-likeness (QED) is 0.845. The summed E-state index contributed by atoms with van der Waals surface area (Å²) in [7, 11) is 1.63. The molecule has 5 heteroatoms. The van der Waals surface area contributed by atoms with Crippen LogP contribution in [0.4, 0.5) is 5.69 Å². The van der Waals surface area contributed by atoms with Gasteiger partial charge < -0.3 is 15.0 Å². The fourth-order valence-corrected chi connectivity index (χ4v) is 2.03. The standard InChI is InChI=1S/C13H18N4O/c1-8(2)17-9(3)15-16-13(17)11-7-10(18-4)5-6-12(11)14/h5-8H,14H2,1-4H3. The minimum Gasteiger partial charge on any atom is -0.497 e. The molecular formula is C13H18N4O. The SMILES string of the molecule is COc1ccc(N)c(-c2nnc(C)n2C(C)C)c1. The van der Waals surface area contributed by atoms with Gasteiger partial charge in [0.25, 0.3) is 0 Å². The number of benzene rings is 1. The molecule has 0 aliphatic carbocycles. The number of nitrogens with two attached hydrogens (primary N) is 1. The summed E-state index contributed by atoms with van der Waals surface area (Å²) in [6, 6.07) is 5.82. The van der Waals surface area contributed by atoms with Crippen LogP contribution < -0.4 is 10.5 Å². The topological polar surface area (TPSA) is 66.0 Å². The van der Waals surface area contributed by atoms with Crippen molar-refractivity contribution in [2.45, 2.75) is 26.8 Å². The molecule has 0 amide bonds. The van der Waals surface area contributed by atoms with Crippen molar-refractivity contribution in [3.8, 4) is 17.1 Å². The van der Waals surface area contributed by atoms with Crippen LogP contribution in [-0.2, 0) is 0 Å². The molecule has 96 valence electrons. The number of aromatic nitrogens is 3. The number of nitrogen functional groups attached to an aromatic ring is 1. The van der Waals surface area contributed by atoms with Crippen molar-refractivity contribution in [1.82, 2.24) is 14.8 Å². The largest absolute Gasteiger partial charge is 0.497 e. The van der Waals surface area contributed by atoms with E-state index in [2.05, 4.69) is 28.6 Å². The molecule has 0 radical (unpaired) electrons. The van der Waals surface area contributed by atoms with E-state index in [4.69, 9.17) is 10.5 Å². The number of rotatable bonds is 3. The Morgan fingerprint density at radius 1 is 1.28 bits per heavy atom. The van der Waals surface area contributed by atoms with Crippen LogP contribution in [0.15, 0.2) is 18.2 Å². The number of anilines is 1. The molecule has 1 aromatic carbocycles. The van der Waals surface area contributed by atoms with E-state index in [0.717, 1.165) is 23.0 Å². The summed E-state index contributed by atoms with van der Waals surface area (Å²) in [6.07, 6.45) is 0. The van der Waals surface area contributed by atoms with Crippen molar-refractivity contribution in [3.63, 3.8) is 0 Å². The molecule has 1 aromatic heterocycles. The van der Waals surface area contributed by atoms with Gasteiger partial charge in [0.1, 0.15) is 11.6 Å². The van der Waals surface area contributed by atoms with Crippen molar-refractivity contribution in [3.05, 3.63) is 24.0 Å². The van der Waals surface area contributed by atoms with Crippen molar-refractivity contribution in [1.29, 1.82) is 0 Å². The molecule has 0 fully saturated rings. The summed E-state index contributed by atoms with van der Waals surface area (Å²) in [5.74, 6) is 2.41. The highest BCUT2D eigenvalue weighted by Crippen LogP contribution is 2.30. The van der Waals surface area contributed by atoms with Gasteiger partial charge in [0, 0.05) is 17.3 Å². The maximum Gasteiger partial charge on any atom is 0.166 e. The molecule has 5 nitrogen and oxygen atoms in total. The minimum atomic E-state index is 0.278. The monoisotopic (exact) mass is 246 g/mol. The molecule has 1 heterocycles. The number of methoxy groups -OCH3 is 1. The first-order chi connectivity index (χ1) is 8.54. The zero-order chi connectivity index (χ0) is 13.3. The van der Waals surface area contributed by atoms with Gasteiger partial charge in [0.15, 0.2) is 5.82 Å². The van der Waals surface area contributed by atoms with Gasteiger partial charge in [0.05, 0.1) is 7.11 Å². The Bertz CT molecular complexity index is 560. The summed E-state index contributed by atoms with van der Waals surface area (Å²) >= 11 is 0. The van der Waals surface area contributed by atoms with Crippen LogP contribution in [0.25, 0.3) is 11.4 Å². The third-order valence-corrected chi connectivity index (χ3v) is 2.88. The van der Waals surface area contributed by atoms with Gasteiger partial charge in [-0.1, -0.05) is 0 Å². The zero-order valence-corrected chi connectivity index (χ0v) is 11.1. The van der Waals surface area contributed by atoms with Crippen LogP contribution in [0.2, 0.25) is 0 Å². The zero-order valence-electron chi connectivity index (χ0n) is 11.1. The highest BCUT2D eigenvalue weighted by Gasteiger charge is 2.16. The molecule has 2 N–H and O–H groups in total. The predicted molar refractivity (Wildman–Crippen MR) is 71.5 cm³/mol. The third-order valence-electron chi connectivity index (χ3n) is 2.88. The summed E-state index contributed by atoms with van der Waals surface area (Å²) < 4.78 is 7.29. The second-order valence-electron chi connectivity index (χ2n) is 4.49. The van der Waals surface area contributed by atoms with Crippen molar-refractivity contribution in [2.24, 2.45) is 0 Å². The van der Waals surface area contributed by atoms with Gasteiger partial charge in [-0.2, -0.15) is 0 Å². The predicted octanol–water partition coefficient (Wildman–Crippen LogP) is 2.43. The molecule has 0 unspecified atom stereocenters. The fraction of sp³-hybridized carbons (Fsp3) is 0.385. The van der Waals surface area contributed by atoms with Gasteiger partial charge in [-0.15, -0.1) is 10.2 Å². The lowest BCUT2D eigenvalue weighted by Crippen LogP contribution is -2.06. The maximum absolute atomic E-state index is 6.02. The lowest BCUT2D eigenvalue weighted by Gasteiger charge is -2.14. The van der Waals surface area contributed by atoms with Gasteiger partial charge in [-0.3, -0.25) is 0 Å². The Morgan fingerprint density at radius 3 is 2.61 bits per heavy atom. The minimum absolute atomic E-state index is 0.278. The third kappa shape index (κ3) is 2.03. The van der Waals surface area contributed by atoms with Gasteiger partial charge in [0.2, 0.25) is 0 Å². The maximum atomic E-state index is 6.02. The highest BCUT2D eigenvalue weighted by molar-refractivity contribution is 5.73. The summed E-state index contributed by atoms with van der Waals surface area (Å²) in [6.45, 7) is 6.12. The van der Waals surface area contributed by atoms with E-state index in [1.54, 1.807) is 7.11 Å². The number of nitrogens with zero attached hydrogens (tertiary/aromatic N) is 3. The number of hydrogen-bond donors (Lipinski definition) is 1. The Kier molecular flexibility index (Phi) is 3.23. The fourth-order valence-electron chi connectivity index (χ4n) is 2.03. The number of hydrogen-bond acceptors (Lipinski definition) is 4. The van der Waals surface area contributed by atoms with E-state index >= 15 is 0 Å². The second kappa shape index (κ2) is 4.68. The first-order valence-corrected chi connectivity index (χ1v) is 5.90. The summed E-state index contributed by atoms with van der Waals surface area (Å²) in [4.78, 5) is 0. The normalized spacial score (nSPS) is 10.9. The summed E-state index contributed by atoms with van der Waals surface area (Å²) in [5.41, 5.74) is 7.54. The Hall–Kier alpha value is -2.04. The Morgan fingerprint density at radius 2 is 2.00 bits per heavy atom. The van der Waals surface area contributed by atoms with E-state index < -0.39 is 0 Å². The highest BCUT2D eigenvalue weighted by atomic mass is 16.5.